The zero-order valence-corrected chi connectivity index (χ0v) is 15.5. The van der Waals surface area contributed by atoms with E-state index < -0.39 is 0 Å². The molecule has 0 aliphatic heterocycles. The lowest BCUT2D eigenvalue weighted by Gasteiger charge is -2.21. The molecule has 0 aliphatic carbocycles. The number of anilines is 1. The summed E-state index contributed by atoms with van der Waals surface area (Å²) in [6.45, 7) is 2.03. The molecule has 0 atom stereocenters. The van der Waals surface area contributed by atoms with Gasteiger partial charge >= 0.3 is 0 Å². The maximum absolute atomic E-state index is 12.3. The lowest BCUT2D eigenvalue weighted by Crippen LogP contribution is -2.37. The third-order valence-electron chi connectivity index (χ3n) is 3.95. The molecule has 2 aromatic carbocycles. The largest absolute Gasteiger partial charge is 0.493 e. The van der Waals surface area contributed by atoms with Gasteiger partial charge in [-0.15, -0.1) is 0 Å². The first-order valence-electron chi connectivity index (χ1n) is 8.28. The van der Waals surface area contributed by atoms with E-state index >= 15 is 0 Å². The topological polar surface area (TPSA) is 91.7 Å². The molecule has 7 heteroatoms. The molecule has 7 nitrogen and oxygen atoms in total. The highest BCUT2D eigenvalue weighted by Crippen LogP contribution is 2.27. The van der Waals surface area contributed by atoms with Crippen LogP contribution < -0.4 is 19.7 Å². The van der Waals surface area contributed by atoms with Gasteiger partial charge in [-0.25, -0.2) is 0 Å². The number of nitriles is 1. The SMILES string of the molecule is COc1ccc(C(=O)NCCN(C(C)=O)c2ccc(C#N)cc2)cc1OC. The maximum Gasteiger partial charge on any atom is 0.251 e. The van der Waals surface area contributed by atoms with Crippen LogP contribution in [0.2, 0.25) is 0 Å². The van der Waals surface area contributed by atoms with E-state index in [0.717, 1.165) is 0 Å². The van der Waals surface area contributed by atoms with Crippen LogP contribution in [0.5, 0.6) is 11.5 Å². The van der Waals surface area contributed by atoms with Gasteiger partial charge in [0.2, 0.25) is 5.91 Å². The zero-order chi connectivity index (χ0) is 19.8. The van der Waals surface area contributed by atoms with Crippen LogP contribution >= 0.6 is 0 Å². The third-order valence-corrected chi connectivity index (χ3v) is 3.95. The summed E-state index contributed by atoms with van der Waals surface area (Å²) in [6, 6.07) is 13.6. The number of amides is 2. The van der Waals surface area contributed by atoms with E-state index in [9.17, 15) is 9.59 Å². The highest BCUT2D eigenvalue weighted by Gasteiger charge is 2.14. The molecule has 1 N–H and O–H groups in total. The summed E-state index contributed by atoms with van der Waals surface area (Å²) in [4.78, 5) is 25.8. The van der Waals surface area contributed by atoms with Crippen molar-refractivity contribution in [3.63, 3.8) is 0 Å². The average Bonchev–Trinajstić information content (AvgIpc) is 2.70. The Morgan fingerprint density at radius 3 is 2.30 bits per heavy atom. The van der Waals surface area contributed by atoms with Crippen molar-refractivity contribution in [3.05, 3.63) is 53.6 Å². The lowest BCUT2D eigenvalue weighted by molar-refractivity contribution is -0.116. The van der Waals surface area contributed by atoms with Gasteiger partial charge in [0, 0.05) is 31.3 Å². The molecule has 140 valence electrons. The summed E-state index contributed by atoms with van der Waals surface area (Å²) in [5.41, 5.74) is 1.62. The summed E-state index contributed by atoms with van der Waals surface area (Å²) in [5.74, 6) is 0.574. The minimum Gasteiger partial charge on any atom is -0.493 e. The second kappa shape index (κ2) is 9.25. The molecule has 0 aromatic heterocycles. The van der Waals surface area contributed by atoms with Crippen LogP contribution in [0.25, 0.3) is 0 Å². The number of hydrogen-bond acceptors (Lipinski definition) is 5. The molecule has 0 saturated heterocycles. The first-order chi connectivity index (χ1) is 13.0. The van der Waals surface area contributed by atoms with E-state index in [2.05, 4.69) is 5.32 Å². The molecular weight excluding hydrogens is 346 g/mol. The molecule has 0 radical (unpaired) electrons. The van der Waals surface area contributed by atoms with Gasteiger partial charge in [0.15, 0.2) is 11.5 Å². The fourth-order valence-electron chi connectivity index (χ4n) is 2.55. The highest BCUT2D eigenvalue weighted by atomic mass is 16.5. The van der Waals surface area contributed by atoms with Crippen molar-refractivity contribution in [1.82, 2.24) is 5.32 Å². The van der Waals surface area contributed by atoms with Gasteiger partial charge in [0.05, 0.1) is 25.9 Å². The molecule has 2 amide bonds. The van der Waals surface area contributed by atoms with Gasteiger partial charge in [-0.05, 0) is 42.5 Å². The second-order valence-electron chi connectivity index (χ2n) is 5.65. The van der Waals surface area contributed by atoms with Crippen LogP contribution in [0.1, 0.15) is 22.8 Å². The number of carbonyl (C=O) groups is 2. The smallest absolute Gasteiger partial charge is 0.251 e. The zero-order valence-electron chi connectivity index (χ0n) is 15.5. The lowest BCUT2D eigenvalue weighted by atomic mass is 10.2. The van der Waals surface area contributed by atoms with Crippen LogP contribution in [-0.4, -0.2) is 39.1 Å². The molecule has 0 bridgehead atoms. The first-order valence-corrected chi connectivity index (χ1v) is 8.28. The van der Waals surface area contributed by atoms with Crippen LogP contribution in [0.15, 0.2) is 42.5 Å². The molecular formula is C20H21N3O4. The number of nitrogens with zero attached hydrogens (tertiary/aromatic N) is 2. The molecule has 2 aromatic rings. The van der Waals surface area contributed by atoms with Crippen LogP contribution in [0.3, 0.4) is 0 Å². The Labute approximate surface area is 158 Å². The Kier molecular flexibility index (Phi) is 6.78. The molecule has 27 heavy (non-hydrogen) atoms. The molecule has 0 aliphatic rings. The van der Waals surface area contributed by atoms with Gasteiger partial charge < -0.3 is 19.7 Å². The van der Waals surface area contributed by atoms with E-state index in [1.165, 1.54) is 26.0 Å². The quantitative estimate of drug-likeness (QED) is 0.811. The number of nitrogens with one attached hydrogen (secondary N) is 1. The van der Waals surface area contributed by atoms with Crippen LogP contribution in [-0.2, 0) is 4.79 Å². The average molecular weight is 367 g/mol. The summed E-state index contributed by atoms with van der Waals surface area (Å²) in [5, 5.41) is 11.6. The van der Waals surface area contributed by atoms with Gasteiger partial charge in [-0.2, -0.15) is 5.26 Å². The number of ether oxygens (including phenoxy) is 2. The molecule has 0 heterocycles. The number of carbonyl (C=O) groups excluding carboxylic acids is 2. The van der Waals surface area contributed by atoms with Gasteiger partial charge in [0.1, 0.15) is 0 Å². The minimum absolute atomic E-state index is 0.153. The predicted molar refractivity (Wildman–Crippen MR) is 101 cm³/mol. The first kappa shape index (κ1) is 19.8. The van der Waals surface area contributed by atoms with Crippen molar-refractivity contribution in [2.45, 2.75) is 6.92 Å². The number of rotatable bonds is 7. The van der Waals surface area contributed by atoms with Gasteiger partial charge in [-0.1, -0.05) is 0 Å². The summed E-state index contributed by atoms with van der Waals surface area (Å²) in [6.07, 6.45) is 0. The van der Waals surface area contributed by atoms with Crippen LogP contribution in [0, 0.1) is 11.3 Å². The molecule has 0 fully saturated rings. The van der Waals surface area contributed by atoms with Crippen molar-refractivity contribution in [1.29, 1.82) is 5.26 Å². The van der Waals surface area contributed by atoms with E-state index in [1.54, 1.807) is 42.5 Å². The summed E-state index contributed by atoms with van der Waals surface area (Å²) in [7, 11) is 3.03. The van der Waals surface area contributed by atoms with Crippen molar-refractivity contribution in [3.8, 4) is 17.6 Å². The second-order valence-corrected chi connectivity index (χ2v) is 5.65. The Balaban J connectivity index is 2.01. The normalized spacial score (nSPS) is 9.85. The standard InChI is InChI=1S/C20H21N3O4/c1-14(24)23(17-7-4-15(13-21)5-8-17)11-10-22-20(25)16-6-9-18(26-2)19(12-16)27-3/h4-9,12H,10-11H2,1-3H3,(H,22,25). The van der Waals surface area contributed by atoms with E-state index in [-0.39, 0.29) is 18.4 Å². The van der Waals surface area contributed by atoms with Gasteiger partial charge in [-0.3, -0.25) is 9.59 Å². The van der Waals surface area contributed by atoms with Crippen molar-refractivity contribution in [2.75, 3.05) is 32.2 Å². The summed E-state index contributed by atoms with van der Waals surface area (Å²) < 4.78 is 10.4. The molecule has 2 rings (SSSR count). The summed E-state index contributed by atoms with van der Waals surface area (Å²) >= 11 is 0. The Morgan fingerprint density at radius 2 is 1.74 bits per heavy atom. The minimum atomic E-state index is -0.278. The van der Waals surface area contributed by atoms with E-state index in [4.69, 9.17) is 14.7 Å². The Bertz CT molecular complexity index is 857. The maximum atomic E-state index is 12.3. The Hall–Kier alpha value is -3.53. The highest BCUT2D eigenvalue weighted by molar-refractivity contribution is 5.95. The fourth-order valence-corrected chi connectivity index (χ4v) is 2.55. The Morgan fingerprint density at radius 1 is 1.07 bits per heavy atom. The number of benzene rings is 2. The molecule has 0 unspecified atom stereocenters. The van der Waals surface area contributed by atoms with E-state index in [0.29, 0.717) is 34.9 Å². The van der Waals surface area contributed by atoms with Crippen molar-refractivity contribution in [2.24, 2.45) is 0 Å². The van der Waals surface area contributed by atoms with E-state index in [1.807, 2.05) is 6.07 Å². The van der Waals surface area contributed by atoms with Gasteiger partial charge in [0.25, 0.3) is 5.91 Å². The van der Waals surface area contributed by atoms with Crippen LogP contribution in [0.4, 0.5) is 5.69 Å². The number of methoxy groups -OCH3 is 2. The monoisotopic (exact) mass is 367 g/mol. The predicted octanol–water partition coefficient (Wildman–Crippen LogP) is 2.36. The van der Waals surface area contributed by atoms with Crippen molar-refractivity contribution >= 4 is 17.5 Å². The molecule has 0 spiro atoms. The molecule has 0 saturated carbocycles. The third kappa shape index (κ3) is 4.98. The fraction of sp³-hybridized carbons (Fsp3) is 0.250. The van der Waals surface area contributed by atoms with Crippen molar-refractivity contribution < 1.29 is 19.1 Å². The number of hydrogen-bond donors (Lipinski definition) is 1.